The van der Waals surface area contributed by atoms with Crippen molar-refractivity contribution in [1.29, 1.82) is 0 Å². The quantitative estimate of drug-likeness (QED) is 0.726. The van der Waals surface area contributed by atoms with Gasteiger partial charge in [-0.1, -0.05) is 6.07 Å². The Bertz CT molecular complexity index is 602. The largest absolute Gasteiger partial charge is 0.378 e. The highest BCUT2D eigenvalue weighted by Crippen LogP contribution is 2.24. The van der Waals surface area contributed by atoms with Crippen LogP contribution in [0.25, 0.3) is 0 Å². The Labute approximate surface area is 154 Å². The van der Waals surface area contributed by atoms with Crippen LogP contribution in [0, 0.1) is 5.92 Å². The fourth-order valence-electron chi connectivity index (χ4n) is 3.61. The number of aromatic nitrogens is 1. The Balaban J connectivity index is 1.46. The number of ether oxygens (including phenoxy) is 1. The third-order valence-electron chi connectivity index (χ3n) is 5.10. The summed E-state index contributed by atoms with van der Waals surface area (Å²) in [5.41, 5.74) is 6.33. The first-order valence-corrected chi connectivity index (χ1v) is 9.45. The molecule has 7 heteroatoms. The van der Waals surface area contributed by atoms with E-state index in [0.717, 1.165) is 25.0 Å². The number of hydrogen-bond donors (Lipinski definition) is 1. The maximum Gasteiger partial charge on any atom is 0.227 e. The number of carbonyl (C=O) groups excluding carboxylic acids is 2. The van der Waals surface area contributed by atoms with Crippen LogP contribution in [0.3, 0.4) is 0 Å². The monoisotopic (exact) mass is 360 g/mol. The molecule has 7 nitrogen and oxygen atoms in total. The number of carbonyl (C=O) groups is 2. The molecular formula is C19H28N4O3. The topological polar surface area (TPSA) is 88.8 Å². The maximum atomic E-state index is 12.8. The van der Waals surface area contributed by atoms with E-state index in [-0.39, 0.29) is 23.8 Å². The number of nitrogens with zero attached hydrogens (tertiary/aromatic N) is 3. The molecular weight excluding hydrogens is 332 g/mol. The summed E-state index contributed by atoms with van der Waals surface area (Å²) in [7, 11) is 0. The lowest BCUT2D eigenvalue weighted by atomic mass is 10.0. The molecule has 0 saturated carbocycles. The first kappa shape index (κ1) is 18.8. The SMILES string of the molecule is NCCCOC1CCN(C(=O)[C@@H]2CC(=O)N(Cc3ccccn3)C2)CC1. The Hall–Kier alpha value is -1.99. The Morgan fingerprint density at radius 3 is 2.81 bits per heavy atom. The van der Waals surface area contributed by atoms with E-state index < -0.39 is 0 Å². The molecule has 0 radical (unpaired) electrons. The fraction of sp³-hybridized carbons (Fsp3) is 0.632. The van der Waals surface area contributed by atoms with Crippen LogP contribution in [0.1, 0.15) is 31.4 Å². The van der Waals surface area contributed by atoms with Gasteiger partial charge in [0.1, 0.15) is 0 Å². The molecule has 0 spiro atoms. The van der Waals surface area contributed by atoms with Crippen LogP contribution < -0.4 is 5.73 Å². The van der Waals surface area contributed by atoms with E-state index in [2.05, 4.69) is 4.98 Å². The Morgan fingerprint density at radius 1 is 1.31 bits per heavy atom. The molecule has 3 rings (SSSR count). The van der Waals surface area contributed by atoms with Crippen LogP contribution in [0.4, 0.5) is 0 Å². The van der Waals surface area contributed by atoms with Gasteiger partial charge < -0.3 is 20.3 Å². The van der Waals surface area contributed by atoms with Crippen LogP contribution in [0.2, 0.25) is 0 Å². The van der Waals surface area contributed by atoms with Crippen molar-refractivity contribution in [2.24, 2.45) is 11.7 Å². The van der Waals surface area contributed by atoms with E-state index in [9.17, 15) is 9.59 Å². The van der Waals surface area contributed by atoms with Crippen LogP contribution in [0.5, 0.6) is 0 Å². The van der Waals surface area contributed by atoms with Crippen molar-refractivity contribution >= 4 is 11.8 Å². The minimum absolute atomic E-state index is 0.0361. The number of amides is 2. The lowest BCUT2D eigenvalue weighted by Gasteiger charge is -2.33. The summed E-state index contributed by atoms with van der Waals surface area (Å²) in [5.74, 6) is -0.0998. The van der Waals surface area contributed by atoms with Crippen molar-refractivity contribution < 1.29 is 14.3 Å². The normalized spacial score (nSPS) is 21.4. The van der Waals surface area contributed by atoms with E-state index in [1.807, 2.05) is 23.1 Å². The zero-order chi connectivity index (χ0) is 18.4. The molecule has 3 heterocycles. The van der Waals surface area contributed by atoms with Crippen molar-refractivity contribution in [2.75, 3.05) is 32.8 Å². The minimum Gasteiger partial charge on any atom is -0.378 e. The second kappa shape index (κ2) is 9.09. The molecule has 0 bridgehead atoms. The average Bonchev–Trinajstić information content (AvgIpc) is 3.03. The molecule has 2 aliphatic heterocycles. The van der Waals surface area contributed by atoms with Crippen LogP contribution in [-0.4, -0.2) is 65.5 Å². The maximum absolute atomic E-state index is 12.8. The Morgan fingerprint density at radius 2 is 2.12 bits per heavy atom. The van der Waals surface area contributed by atoms with Gasteiger partial charge in [-0.05, 0) is 37.9 Å². The highest BCUT2D eigenvalue weighted by molar-refractivity contribution is 5.89. The third kappa shape index (κ3) is 4.80. The number of likely N-dealkylation sites (tertiary alicyclic amines) is 2. The molecule has 142 valence electrons. The lowest BCUT2D eigenvalue weighted by molar-refractivity contribution is -0.138. The molecule has 26 heavy (non-hydrogen) atoms. The summed E-state index contributed by atoms with van der Waals surface area (Å²) >= 11 is 0. The molecule has 1 atom stereocenters. The second-order valence-corrected chi connectivity index (χ2v) is 7.03. The molecule has 2 fully saturated rings. The van der Waals surface area contributed by atoms with Gasteiger partial charge in [-0.15, -0.1) is 0 Å². The van der Waals surface area contributed by atoms with Crippen molar-refractivity contribution in [3.63, 3.8) is 0 Å². The van der Waals surface area contributed by atoms with Crippen molar-refractivity contribution in [3.8, 4) is 0 Å². The van der Waals surface area contributed by atoms with Crippen molar-refractivity contribution in [1.82, 2.24) is 14.8 Å². The summed E-state index contributed by atoms with van der Waals surface area (Å²) in [5, 5.41) is 0. The van der Waals surface area contributed by atoms with Gasteiger partial charge in [-0.25, -0.2) is 0 Å². The molecule has 2 N–H and O–H groups in total. The first-order chi connectivity index (χ1) is 12.7. The molecule has 1 aromatic rings. The summed E-state index contributed by atoms with van der Waals surface area (Å²) in [6.07, 6.45) is 4.83. The van der Waals surface area contributed by atoms with E-state index >= 15 is 0 Å². The average molecular weight is 360 g/mol. The first-order valence-electron chi connectivity index (χ1n) is 9.45. The number of piperidine rings is 1. The van der Waals surface area contributed by atoms with Gasteiger partial charge in [0, 0.05) is 38.9 Å². The van der Waals surface area contributed by atoms with Crippen LogP contribution in [0.15, 0.2) is 24.4 Å². The van der Waals surface area contributed by atoms with Gasteiger partial charge >= 0.3 is 0 Å². The van der Waals surface area contributed by atoms with Gasteiger partial charge in [-0.2, -0.15) is 0 Å². The van der Waals surface area contributed by atoms with Crippen LogP contribution in [-0.2, 0) is 20.9 Å². The number of hydrogen-bond acceptors (Lipinski definition) is 5. The summed E-state index contributed by atoms with van der Waals surface area (Å²) in [4.78, 5) is 33.0. The number of rotatable bonds is 7. The fourth-order valence-corrected chi connectivity index (χ4v) is 3.61. The number of pyridine rings is 1. The van der Waals surface area contributed by atoms with E-state index in [1.165, 1.54) is 0 Å². The van der Waals surface area contributed by atoms with E-state index in [4.69, 9.17) is 10.5 Å². The van der Waals surface area contributed by atoms with Crippen molar-refractivity contribution in [3.05, 3.63) is 30.1 Å². The highest BCUT2D eigenvalue weighted by atomic mass is 16.5. The number of nitrogens with two attached hydrogens (primary N) is 1. The standard InChI is InChI=1S/C19H28N4O3/c20-7-3-11-26-17-5-9-22(10-6-17)19(25)15-12-18(24)23(13-15)14-16-4-1-2-8-21-16/h1-2,4,8,15,17H,3,5-7,9-14,20H2/t15-/m1/s1. The molecule has 1 aromatic heterocycles. The van der Waals surface area contributed by atoms with Gasteiger partial charge in [0.25, 0.3) is 0 Å². The lowest BCUT2D eigenvalue weighted by Crippen LogP contribution is -2.44. The zero-order valence-corrected chi connectivity index (χ0v) is 15.2. The van der Waals surface area contributed by atoms with Gasteiger partial charge in [0.15, 0.2) is 0 Å². The molecule has 0 aliphatic carbocycles. The predicted molar refractivity (Wildman–Crippen MR) is 97.0 cm³/mol. The van der Waals surface area contributed by atoms with Crippen molar-refractivity contribution in [2.45, 2.75) is 38.3 Å². The van der Waals surface area contributed by atoms with E-state index in [1.54, 1.807) is 11.1 Å². The minimum atomic E-state index is -0.235. The highest BCUT2D eigenvalue weighted by Gasteiger charge is 2.37. The Kier molecular flexibility index (Phi) is 6.57. The summed E-state index contributed by atoms with van der Waals surface area (Å²) < 4.78 is 5.79. The zero-order valence-electron chi connectivity index (χ0n) is 15.2. The van der Waals surface area contributed by atoms with Gasteiger partial charge in [-0.3, -0.25) is 14.6 Å². The molecule has 2 saturated heterocycles. The second-order valence-electron chi connectivity index (χ2n) is 7.03. The van der Waals surface area contributed by atoms with Gasteiger partial charge in [0.2, 0.25) is 11.8 Å². The summed E-state index contributed by atoms with van der Waals surface area (Å²) in [6.45, 7) is 3.70. The third-order valence-corrected chi connectivity index (χ3v) is 5.10. The van der Waals surface area contributed by atoms with E-state index in [0.29, 0.717) is 45.8 Å². The molecule has 0 unspecified atom stereocenters. The van der Waals surface area contributed by atoms with Gasteiger partial charge in [0.05, 0.1) is 24.3 Å². The molecule has 2 amide bonds. The molecule has 0 aromatic carbocycles. The van der Waals surface area contributed by atoms with Crippen LogP contribution >= 0.6 is 0 Å². The molecule has 2 aliphatic rings. The summed E-state index contributed by atoms with van der Waals surface area (Å²) in [6, 6.07) is 5.66. The smallest absolute Gasteiger partial charge is 0.227 e. The predicted octanol–water partition coefficient (Wildman–Crippen LogP) is 0.787.